The summed E-state index contributed by atoms with van der Waals surface area (Å²) >= 11 is 0. The molecule has 1 aromatic heterocycles. The highest BCUT2D eigenvalue weighted by molar-refractivity contribution is 5.89. The Morgan fingerprint density at radius 1 is 1.02 bits per heavy atom. The van der Waals surface area contributed by atoms with E-state index in [-0.39, 0.29) is 24.9 Å². The predicted molar refractivity (Wildman–Crippen MR) is 154 cm³/mol. The van der Waals surface area contributed by atoms with Crippen molar-refractivity contribution in [2.24, 2.45) is 0 Å². The van der Waals surface area contributed by atoms with Crippen LogP contribution in [0, 0.1) is 6.92 Å². The number of benzene rings is 3. The summed E-state index contributed by atoms with van der Waals surface area (Å²) in [6.45, 7) is 10.2. The highest BCUT2D eigenvalue weighted by Crippen LogP contribution is 2.34. The van der Waals surface area contributed by atoms with Crippen molar-refractivity contribution in [3.8, 4) is 11.5 Å². The Kier molecular flexibility index (Phi) is 8.72. The molecule has 0 saturated carbocycles. The Labute approximate surface area is 235 Å². The molecule has 0 bridgehead atoms. The molecule has 210 valence electrons. The molecular formula is C31H37N5O4. The van der Waals surface area contributed by atoms with E-state index in [4.69, 9.17) is 9.47 Å². The first-order chi connectivity index (χ1) is 19.1. The molecular weight excluding hydrogens is 506 g/mol. The molecule has 0 aliphatic heterocycles. The molecule has 9 nitrogen and oxygen atoms in total. The van der Waals surface area contributed by atoms with Crippen molar-refractivity contribution in [1.29, 1.82) is 0 Å². The Morgan fingerprint density at radius 2 is 1.75 bits per heavy atom. The van der Waals surface area contributed by atoms with Crippen molar-refractivity contribution in [1.82, 2.24) is 25.2 Å². The Hall–Kier alpha value is -4.40. The van der Waals surface area contributed by atoms with Crippen molar-refractivity contribution in [2.75, 3.05) is 13.7 Å². The number of aryl methyl sites for hydroxylation is 1. The second kappa shape index (κ2) is 12.2. The first kappa shape index (κ1) is 28.6. The first-order valence-electron chi connectivity index (χ1n) is 13.4. The van der Waals surface area contributed by atoms with E-state index >= 15 is 0 Å². The zero-order chi connectivity index (χ0) is 28.9. The van der Waals surface area contributed by atoms with Crippen LogP contribution < -0.4 is 14.8 Å². The standard InChI is InChI=1S/C31H37N5O4/c1-7-40-26-17-16-23(18-27(26)39-6)29(30(38)32-31(3,4)5)35(19-22-14-12-21(2)13-15-22)28(37)20-36-25-11-9-8-10-24(25)33-34-36/h8-18,29H,7,19-20H2,1-6H3,(H,32,38)/t29-/m1/s1. The van der Waals surface area contributed by atoms with Crippen molar-refractivity contribution < 1.29 is 19.1 Å². The molecule has 0 saturated heterocycles. The van der Waals surface area contributed by atoms with Crippen molar-refractivity contribution in [3.63, 3.8) is 0 Å². The lowest BCUT2D eigenvalue weighted by Gasteiger charge is -2.34. The van der Waals surface area contributed by atoms with E-state index in [1.165, 1.54) is 0 Å². The van der Waals surface area contributed by atoms with Gasteiger partial charge in [0.2, 0.25) is 11.8 Å². The number of nitrogens with zero attached hydrogens (tertiary/aromatic N) is 4. The molecule has 4 rings (SSSR count). The van der Waals surface area contributed by atoms with Gasteiger partial charge in [-0.1, -0.05) is 53.2 Å². The summed E-state index contributed by atoms with van der Waals surface area (Å²) in [6.07, 6.45) is 0. The van der Waals surface area contributed by atoms with Gasteiger partial charge in [-0.15, -0.1) is 5.10 Å². The highest BCUT2D eigenvalue weighted by Gasteiger charge is 2.34. The van der Waals surface area contributed by atoms with Gasteiger partial charge in [0.05, 0.1) is 19.2 Å². The SMILES string of the molecule is CCOc1ccc([C@H](C(=O)NC(C)(C)C)N(Cc2ccc(C)cc2)C(=O)Cn2nnc3ccccc32)cc1OC. The molecule has 0 unspecified atom stereocenters. The Morgan fingerprint density at radius 3 is 2.42 bits per heavy atom. The number of carbonyl (C=O) groups is 2. The van der Waals surface area contributed by atoms with Gasteiger partial charge in [-0.05, 0) is 70.0 Å². The second-order valence-corrected chi connectivity index (χ2v) is 10.7. The summed E-state index contributed by atoms with van der Waals surface area (Å²) < 4.78 is 12.9. The summed E-state index contributed by atoms with van der Waals surface area (Å²) in [7, 11) is 1.55. The van der Waals surface area contributed by atoms with Crippen molar-refractivity contribution in [2.45, 2.75) is 59.3 Å². The lowest BCUT2D eigenvalue weighted by atomic mass is 10.00. The average molecular weight is 544 g/mol. The molecule has 0 spiro atoms. The van der Waals surface area contributed by atoms with Gasteiger partial charge in [0.15, 0.2) is 11.5 Å². The van der Waals surface area contributed by atoms with Gasteiger partial charge >= 0.3 is 0 Å². The molecule has 0 aliphatic rings. The Bertz CT molecular complexity index is 1470. The molecule has 1 N–H and O–H groups in total. The molecule has 0 radical (unpaired) electrons. The maximum absolute atomic E-state index is 14.1. The summed E-state index contributed by atoms with van der Waals surface area (Å²) in [5.74, 6) is 0.466. The number of nitrogens with one attached hydrogen (secondary N) is 1. The van der Waals surface area contributed by atoms with E-state index in [9.17, 15) is 9.59 Å². The maximum Gasteiger partial charge on any atom is 0.247 e. The maximum atomic E-state index is 14.1. The minimum Gasteiger partial charge on any atom is -0.493 e. The summed E-state index contributed by atoms with van der Waals surface area (Å²) in [5.41, 5.74) is 3.52. The third-order valence-corrected chi connectivity index (χ3v) is 6.36. The fraction of sp³-hybridized carbons (Fsp3) is 0.355. The third-order valence-electron chi connectivity index (χ3n) is 6.36. The molecule has 0 aliphatic carbocycles. The number of aromatic nitrogens is 3. The quantitative estimate of drug-likeness (QED) is 0.308. The molecule has 1 atom stereocenters. The van der Waals surface area contributed by atoms with E-state index < -0.39 is 11.6 Å². The summed E-state index contributed by atoms with van der Waals surface area (Å²) in [4.78, 5) is 29.7. The second-order valence-electron chi connectivity index (χ2n) is 10.7. The van der Waals surface area contributed by atoms with Gasteiger partial charge in [-0.25, -0.2) is 4.68 Å². The number of rotatable bonds is 10. The summed E-state index contributed by atoms with van der Waals surface area (Å²) in [6, 6.07) is 19.8. The van der Waals surface area contributed by atoms with Crippen LogP contribution in [0.4, 0.5) is 0 Å². The number of methoxy groups -OCH3 is 1. The van der Waals surface area contributed by atoms with E-state index in [2.05, 4.69) is 15.6 Å². The monoisotopic (exact) mass is 543 g/mol. The predicted octanol–water partition coefficient (Wildman–Crippen LogP) is 4.83. The lowest BCUT2D eigenvalue weighted by molar-refractivity contribution is -0.142. The fourth-order valence-electron chi connectivity index (χ4n) is 4.51. The van der Waals surface area contributed by atoms with Crippen LogP contribution in [0.1, 0.15) is 50.4 Å². The first-order valence-corrected chi connectivity index (χ1v) is 13.4. The molecule has 2 amide bonds. The van der Waals surface area contributed by atoms with E-state index in [1.807, 2.05) is 83.1 Å². The van der Waals surface area contributed by atoms with E-state index in [0.717, 1.165) is 16.6 Å². The van der Waals surface area contributed by atoms with Crippen LogP contribution in [0.5, 0.6) is 11.5 Å². The summed E-state index contributed by atoms with van der Waals surface area (Å²) in [5, 5.41) is 11.5. The van der Waals surface area contributed by atoms with Gasteiger partial charge in [-0.2, -0.15) is 0 Å². The highest BCUT2D eigenvalue weighted by atomic mass is 16.5. The van der Waals surface area contributed by atoms with Crippen molar-refractivity contribution in [3.05, 3.63) is 83.4 Å². The molecule has 9 heteroatoms. The molecule has 40 heavy (non-hydrogen) atoms. The number of carbonyl (C=O) groups excluding carboxylic acids is 2. The van der Waals surface area contributed by atoms with Gasteiger partial charge in [0.1, 0.15) is 18.1 Å². The van der Waals surface area contributed by atoms with Crippen LogP contribution in [0.3, 0.4) is 0 Å². The zero-order valence-electron chi connectivity index (χ0n) is 24.0. The lowest BCUT2D eigenvalue weighted by Crippen LogP contribution is -2.49. The third kappa shape index (κ3) is 6.77. The number of amides is 2. The molecule has 4 aromatic rings. The van der Waals surface area contributed by atoms with E-state index in [0.29, 0.717) is 29.2 Å². The smallest absolute Gasteiger partial charge is 0.247 e. The number of fused-ring (bicyclic) bond motifs is 1. The topological polar surface area (TPSA) is 98.6 Å². The van der Waals surface area contributed by atoms with Crippen molar-refractivity contribution >= 4 is 22.8 Å². The number of hydrogen-bond acceptors (Lipinski definition) is 6. The zero-order valence-corrected chi connectivity index (χ0v) is 24.0. The molecule has 0 fully saturated rings. The van der Waals surface area contributed by atoms with Gasteiger partial charge in [0, 0.05) is 12.1 Å². The van der Waals surface area contributed by atoms with Crippen LogP contribution in [0.25, 0.3) is 11.0 Å². The minimum absolute atomic E-state index is 0.0835. The molecule has 1 heterocycles. The van der Waals surface area contributed by atoms with Crippen LogP contribution >= 0.6 is 0 Å². The van der Waals surface area contributed by atoms with Crippen LogP contribution in [0.2, 0.25) is 0 Å². The normalized spacial score (nSPS) is 12.2. The van der Waals surface area contributed by atoms with E-state index in [1.54, 1.807) is 34.9 Å². The largest absolute Gasteiger partial charge is 0.493 e. The fourth-order valence-corrected chi connectivity index (χ4v) is 4.51. The van der Waals surface area contributed by atoms with Gasteiger partial charge in [0.25, 0.3) is 0 Å². The van der Waals surface area contributed by atoms with Crippen LogP contribution in [-0.4, -0.2) is 51.0 Å². The molecule has 3 aromatic carbocycles. The number of ether oxygens (including phenoxy) is 2. The average Bonchev–Trinajstić information content (AvgIpc) is 3.32. The van der Waals surface area contributed by atoms with Crippen LogP contribution in [-0.2, 0) is 22.7 Å². The van der Waals surface area contributed by atoms with Gasteiger partial charge in [-0.3, -0.25) is 9.59 Å². The number of para-hydroxylation sites is 1. The number of hydrogen-bond donors (Lipinski definition) is 1. The van der Waals surface area contributed by atoms with Gasteiger partial charge < -0.3 is 19.7 Å². The minimum atomic E-state index is -0.951. The Balaban J connectivity index is 1.81. The van der Waals surface area contributed by atoms with Crippen LogP contribution in [0.15, 0.2) is 66.7 Å².